The first-order valence-corrected chi connectivity index (χ1v) is 14.1. The van der Waals surface area contributed by atoms with Gasteiger partial charge in [-0.05, 0) is 78.9 Å². The minimum atomic E-state index is -1.39. The number of aryl methyl sites for hydroxylation is 1. The van der Waals surface area contributed by atoms with Crippen molar-refractivity contribution >= 4 is 45.8 Å². The molecule has 4 heterocycles. The number of amides is 1. The van der Waals surface area contributed by atoms with E-state index in [1.165, 1.54) is 35.6 Å². The fourth-order valence-corrected chi connectivity index (χ4v) is 7.60. The lowest BCUT2D eigenvalue weighted by molar-refractivity contribution is -0.121. The van der Waals surface area contributed by atoms with Crippen LogP contribution in [0.4, 0.5) is 15.8 Å². The summed E-state index contributed by atoms with van der Waals surface area (Å²) in [6.45, 7) is 4.02. The summed E-state index contributed by atoms with van der Waals surface area (Å²) in [6, 6.07) is 20.8. The molecule has 5 nitrogen and oxygen atoms in total. The van der Waals surface area contributed by atoms with Gasteiger partial charge >= 0.3 is 0 Å². The number of hydrogen-bond acceptors (Lipinski definition) is 5. The van der Waals surface area contributed by atoms with Crippen LogP contribution in [0.2, 0.25) is 0 Å². The quantitative estimate of drug-likeness (QED) is 0.298. The fraction of sp³-hybridized carbons (Fsp3) is 0.182. The molecule has 1 spiro atoms. The maximum Gasteiger partial charge on any atom is 0.238 e. The Labute approximate surface area is 235 Å². The van der Waals surface area contributed by atoms with Crippen molar-refractivity contribution < 1.29 is 18.8 Å². The number of nitrogens with one attached hydrogen (secondary N) is 1. The summed E-state index contributed by atoms with van der Waals surface area (Å²) in [4.78, 5) is 46.0. The number of carbonyl (C=O) groups is 3. The Balaban J connectivity index is 1.56. The molecular formula is C33H25FN2O3S. The van der Waals surface area contributed by atoms with Gasteiger partial charge in [-0.25, -0.2) is 4.39 Å². The van der Waals surface area contributed by atoms with Crippen molar-refractivity contribution in [2.75, 3.05) is 10.2 Å². The van der Waals surface area contributed by atoms with Crippen LogP contribution in [0.5, 0.6) is 0 Å². The van der Waals surface area contributed by atoms with E-state index in [1.54, 1.807) is 6.07 Å². The Morgan fingerprint density at radius 2 is 1.73 bits per heavy atom. The minimum absolute atomic E-state index is 0.214. The summed E-state index contributed by atoms with van der Waals surface area (Å²) < 4.78 is 13.9. The predicted octanol–water partition coefficient (Wildman–Crippen LogP) is 6.44. The van der Waals surface area contributed by atoms with Gasteiger partial charge in [0.25, 0.3) is 0 Å². The Hall–Kier alpha value is -4.36. The van der Waals surface area contributed by atoms with E-state index in [0.29, 0.717) is 16.1 Å². The first kappa shape index (κ1) is 24.7. The molecule has 1 saturated heterocycles. The molecule has 0 bridgehead atoms. The van der Waals surface area contributed by atoms with Crippen LogP contribution in [0.25, 0.3) is 5.57 Å². The van der Waals surface area contributed by atoms with Gasteiger partial charge in [-0.3, -0.25) is 14.4 Å². The van der Waals surface area contributed by atoms with Gasteiger partial charge in [-0.1, -0.05) is 42.0 Å². The van der Waals surface area contributed by atoms with E-state index in [2.05, 4.69) is 11.4 Å². The van der Waals surface area contributed by atoms with Crippen molar-refractivity contribution in [1.82, 2.24) is 0 Å². The molecule has 1 amide bonds. The highest BCUT2D eigenvalue weighted by molar-refractivity contribution is 7.12. The van der Waals surface area contributed by atoms with Crippen molar-refractivity contribution in [2.24, 2.45) is 5.92 Å². The van der Waals surface area contributed by atoms with E-state index >= 15 is 0 Å². The number of hydrogen-bond donors (Lipinski definition) is 1. The smallest absolute Gasteiger partial charge is 0.238 e. The second kappa shape index (κ2) is 8.83. The van der Waals surface area contributed by atoms with E-state index in [9.17, 15) is 18.8 Å². The molecule has 1 aromatic heterocycles. The summed E-state index contributed by atoms with van der Waals surface area (Å²) in [5.41, 5.74) is 4.04. The highest BCUT2D eigenvalue weighted by Gasteiger charge is 2.70. The van der Waals surface area contributed by atoms with Crippen LogP contribution in [0.3, 0.4) is 0 Å². The molecular weight excluding hydrogens is 523 g/mol. The van der Waals surface area contributed by atoms with E-state index < -0.39 is 29.2 Å². The summed E-state index contributed by atoms with van der Waals surface area (Å²) in [6.07, 6.45) is 2.04. The number of fused-ring (bicyclic) bond motifs is 6. The van der Waals surface area contributed by atoms with Crippen molar-refractivity contribution in [3.05, 3.63) is 123 Å². The van der Waals surface area contributed by atoms with Crippen LogP contribution in [0.15, 0.2) is 90.3 Å². The van der Waals surface area contributed by atoms with Gasteiger partial charge in [0.05, 0.1) is 16.8 Å². The number of benzene rings is 3. The largest absolute Gasteiger partial charge is 0.352 e. The standard InChI is InChI=1S/C33H25FN2O3S/c1-18-9-14-25-22(16-18)19(2)17-27-33(23-6-3-4-7-24(23)35-32(33)39)28(30(37)20-10-12-21(34)13-11-20)29(36(25)27)31(38)26-8-5-15-40-26/h3-17,27-29H,1-2H3,(H,35,39)/t27-,28+,29+,33-/m1/s1. The van der Waals surface area contributed by atoms with Crippen LogP contribution in [0, 0.1) is 18.7 Å². The minimum Gasteiger partial charge on any atom is -0.352 e. The second-order valence-electron chi connectivity index (χ2n) is 10.7. The number of nitrogens with zero attached hydrogens (tertiary/aromatic N) is 1. The maximum absolute atomic E-state index is 14.7. The first-order chi connectivity index (χ1) is 19.3. The molecule has 198 valence electrons. The molecule has 1 fully saturated rings. The van der Waals surface area contributed by atoms with Crippen LogP contribution in [0.1, 0.15) is 43.6 Å². The number of rotatable bonds is 4. The van der Waals surface area contributed by atoms with Crippen LogP contribution >= 0.6 is 11.3 Å². The van der Waals surface area contributed by atoms with Crippen LogP contribution < -0.4 is 10.2 Å². The number of carbonyl (C=O) groups excluding carboxylic acids is 3. The third kappa shape index (κ3) is 3.27. The molecule has 0 saturated carbocycles. The number of Topliss-reactive ketones (excluding diaryl/α,β-unsaturated/α-hetero) is 2. The Morgan fingerprint density at radius 3 is 2.48 bits per heavy atom. The topological polar surface area (TPSA) is 66.5 Å². The van der Waals surface area contributed by atoms with Gasteiger partial charge in [0.2, 0.25) is 5.91 Å². The lowest BCUT2D eigenvalue weighted by Crippen LogP contribution is -2.51. The average molecular weight is 549 g/mol. The highest BCUT2D eigenvalue weighted by Crippen LogP contribution is 2.59. The zero-order chi connectivity index (χ0) is 27.8. The SMILES string of the molecule is CC1=C[C@H]2N(c3ccc(C)cc31)[C@H](C(=O)c1cccs1)[C@@H](C(=O)c1ccc(F)cc1)[C@]21C(=O)Nc2ccccc21. The fourth-order valence-electron chi connectivity index (χ4n) is 6.90. The number of ketones is 2. The third-order valence-electron chi connectivity index (χ3n) is 8.58. The molecule has 7 rings (SSSR count). The van der Waals surface area contributed by atoms with Gasteiger partial charge in [0.1, 0.15) is 17.3 Å². The van der Waals surface area contributed by atoms with Gasteiger partial charge in [-0.15, -0.1) is 11.3 Å². The van der Waals surface area contributed by atoms with Crippen molar-refractivity contribution in [2.45, 2.75) is 31.3 Å². The normalized spacial score (nSPS) is 24.3. The molecule has 40 heavy (non-hydrogen) atoms. The molecule has 0 aliphatic carbocycles. The predicted molar refractivity (Wildman–Crippen MR) is 155 cm³/mol. The van der Waals surface area contributed by atoms with Gasteiger partial charge in [-0.2, -0.15) is 0 Å². The zero-order valence-corrected chi connectivity index (χ0v) is 22.7. The number of anilines is 2. The molecule has 3 aliphatic rings. The molecule has 0 radical (unpaired) electrons. The van der Waals surface area contributed by atoms with E-state index in [4.69, 9.17) is 0 Å². The lowest BCUT2D eigenvalue weighted by atomic mass is 9.64. The maximum atomic E-state index is 14.7. The van der Waals surface area contributed by atoms with Crippen LogP contribution in [-0.4, -0.2) is 29.6 Å². The number of thiophene rings is 1. The Kier molecular flexibility index (Phi) is 5.44. The highest BCUT2D eigenvalue weighted by atomic mass is 32.1. The van der Waals surface area contributed by atoms with Crippen molar-refractivity contribution in [3.8, 4) is 0 Å². The molecule has 3 aliphatic heterocycles. The number of para-hydroxylation sites is 1. The monoisotopic (exact) mass is 548 g/mol. The Morgan fingerprint density at radius 1 is 0.950 bits per heavy atom. The Bertz CT molecular complexity index is 1740. The molecule has 3 aromatic carbocycles. The molecule has 0 unspecified atom stereocenters. The molecule has 1 N–H and O–H groups in total. The summed E-state index contributed by atoms with van der Waals surface area (Å²) in [5, 5.41) is 4.87. The van der Waals surface area contributed by atoms with E-state index in [0.717, 1.165) is 22.4 Å². The number of halogens is 1. The van der Waals surface area contributed by atoms with Gasteiger partial charge in [0, 0.05) is 22.5 Å². The summed E-state index contributed by atoms with van der Waals surface area (Å²) in [5.74, 6) is -2.43. The van der Waals surface area contributed by atoms with E-state index in [-0.39, 0.29) is 23.0 Å². The van der Waals surface area contributed by atoms with Crippen molar-refractivity contribution in [3.63, 3.8) is 0 Å². The zero-order valence-electron chi connectivity index (χ0n) is 21.9. The summed E-state index contributed by atoms with van der Waals surface area (Å²) >= 11 is 1.32. The van der Waals surface area contributed by atoms with Gasteiger partial charge in [0.15, 0.2) is 11.6 Å². The molecule has 7 heteroatoms. The first-order valence-electron chi connectivity index (χ1n) is 13.2. The second-order valence-corrected chi connectivity index (χ2v) is 11.7. The number of allylic oxidation sites excluding steroid dienone is 1. The van der Waals surface area contributed by atoms with Crippen molar-refractivity contribution in [1.29, 1.82) is 0 Å². The lowest BCUT2D eigenvalue weighted by Gasteiger charge is -2.39. The van der Waals surface area contributed by atoms with E-state index in [1.807, 2.05) is 72.7 Å². The average Bonchev–Trinajstić information content (AvgIpc) is 3.66. The summed E-state index contributed by atoms with van der Waals surface area (Å²) in [7, 11) is 0. The third-order valence-corrected chi connectivity index (χ3v) is 9.46. The van der Waals surface area contributed by atoms with Gasteiger partial charge < -0.3 is 10.2 Å². The van der Waals surface area contributed by atoms with Crippen LogP contribution in [-0.2, 0) is 10.2 Å². The molecule has 4 aromatic rings. The molecule has 4 atom stereocenters.